The van der Waals surface area contributed by atoms with E-state index in [2.05, 4.69) is 15.9 Å². The molecule has 4 rings (SSSR count). The number of hydrogen-bond donors (Lipinski definition) is 0. The lowest BCUT2D eigenvalue weighted by Crippen LogP contribution is -2.46. The number of benzene rings is 2. The van der Waals surface area contributed by atoms with E-state index in [4.69, 9.17) is 11.6 Å². The zero-order chi connectivity index (χ0) is 20.9. The van der Waals surface area contributed by atoms with Crippen molar-refractivity contribution >= 4 is 46.1 Å². The van der Waals surface area contributed by atoms with Gasteiger partial charge in [-0.15, -0.1) is 17.0 Å². The van der Waals surface area contributed by atoms with Crippen LogP contribution in [-0.4, -0.2) is 60.9 Å². The first-order chi connectivity index (χ1) is 14.6. The first-order valence-corrected chi connectivity index (χ1v) is 11.2. The molecule has 0 N–H and O–H groups in total. The molecule has 166 valence electrons. The summed E-state index contributed by atoms with van der Waals surface area (Å²) < 4.78 is 0. The number of halogens is 2. The number of hydrogen-bond acceptors (Lipinski definition) is 4. The van der Waals surface area contributed by atoms with E-state index in [-0.39, 0.29) is 28.8 Å². The molecule has 0 bridgehead atoms. The fraction of sp³-hybridized carbons (Fsp3) is 0.417. The van der Waals surface area contributed by atoms with Crippen LogP contribution in [0.4, 0.5) is 5.69 Å². The Labute approximate surface area is 199 Å². The minimum absolute atomic E-state index is 0. The van der Waals surface area contributed by atoms with Crippen LogP contribution in [-0.2, 0) is 0 Å². The van der Waals surface area contributed by atoms with Crippen LogP contribution in [0.3, 0.4) is 0 Å². The third kappa shape index (κ3) is 5.68. The van der Waals surface area contributed by atoms with Crippen LogP contribution in [0.1, 0.15) is 46.4 Å². The highest BCUT2D eigenvalue weighted by Gasteiger charge is 2.34. The van der Waals surface area contributed by atoms with Crippen LogP contribution in [0.25, 0.3) is 0 Å². The molecule has 0 spiro atoms. The largest absolute Gasteiger partial charge is 0.369 e. The number of imide groups is 1. The third-order valence-electron chi connectivity index (χ3n) is 6.03. The Bertz CT molecular complexity index is 880. The first kappa shape index (κ1) is 23.8. The fourth-order valence-electron chi connectivity index (χ4n) is 4.30. The van der Waals surface area contributed by atoms with Crippen molar-refractivity contribution in [2.45, 2.75) is 25.7 Å². The quantitative estimate of drug-likeness (QED) is 0.377. The number of carbonyl (C=O) groups is 2. The predicted octanol–water partition coefficient (Wildman–Crippen LogP) is 4.90. The van der Waals surface area contributed by atoms with Crippen LogP contribution >= 0.6 is 28.6 Å². The van der Waals surface area contributed by atoms with Crippen molar-refractivity contribution in [1.29, 1.82) is 0 Å². The van der Waals surface area contributed by atoms with Crippen LogP contribution in [0, 0.1) is 0 Å². The Hall–Kier alpha value is -1.89. The molecule has 2 aromatic rings. The Morgan fingerprint density at radius 2 is 1.35 bits per heavy atom. The van der Waals surface area contributed by atoms with E-state index in [1.807, 2.05) is 30.3 Å². The van der Waals surface area contributed by atoms with E-state index >= 15 is 0 Å². The van der Waals surface area contributed by atoms with E-state index in [0.29, 0.717) is 17.7 Å². The number of amides is 2. The molecule has 1 saturated heterocycles. The van der Waals surface area contributed by atoms with E-state index in [0.717, 1.165) is 63.4 Å². The van der Waals surface area contributed by atoms with E-state index in [9.17, 15) is 9.59 Å². The minimum atomic E-state index is -0.145. The summed E-state index contributed by atoms with van der Waals surface area (Å²) in [4.78, 5) is 31.1. The summed E-state index contributed by atoms with van der Waals surface area (Å²) >= 11 is 6.11. The molecular formula is C24H29BrClN3O2. The van der Waals surface area contributed by atoms with Gasteiger partial charge in [0.15, 0.2) is 0 Å². The molecule has 5 nitrogen and oxygen atoms in total. The van der Waals surface area contributed by atoms with Crippen LogP contribution in [0.2, 0.25) is 5.02 Å². The summed E-state index contributed by atoms with van der Waals surface area (Å²) in [6, 6.07) is 15.2. The topological polar surface area (TPSA) is 43.9 Å². The minimum Gasteiger partial charge on any atom is -0.369 e. The number of unbranched alkanes of at least 4 members (excludes halogenated alkanes) is 3. The average molecular weight is 507 g/mol. The van der Waals surface area contributed by atoms with Crippen molar-refractivity contribution in [3.8, 4) is 0 Å². The highest BCUT2D eigenvalue weighted by molar-refractivity contribution is 8.93. The summed E-state index contributed by atoms with van der Waals surface area (Å²) in [5, 5.41) is 0.788. The summed E-state index contributed by atoms with van der Waals surface area (Å²) in [5.74, 6) is -0.290. The van der Waals surface area contributed by atoms with Gasteiger partial charge in [0, 0.05) is 43.4 Å². The maximum Gasteiger partial charge on any atom is 0.261 e. The zero-order valence-corrected chi connectivity index (χ0v) is 20.1. The van der Waals surface area contributed by atoms with Crippen molar-refractivity contribution < 1.29 is 9.59 Å². The summed E-state index contributed by atoms with van der Waals surface area (Å²) in [6.45, 7) is 5.82. The predicted molar refractivity (Wildman–Crippen MR) is 131 cm³/mol. The molecule has 2 amide bonds. The van der Waals surface area contributed by atoms with Gasteiger partial charge in [0.25, 0.3) is 11.8 Å². The summed E-state index contributed by atoms with van der Waals surface area (Å²) in [7, 11) is 0. The SMILES string of the molecule is Br.O=C1c2ccccc2C(=O)N1CCCCCCN1CCN(c2cccc(Cl)c2)CC1. The Morgan fingerprint density at radius 1 is 0.742 bits per heavy atom. The van der Waals surface area contributed by atoms with Crippen molar-refractivity contribution in [1.82, 2.24) is 9.80 Å². The first-order valence-electron chi connectivity index (χ1n) is 10.8. The zero-order valence-electron chi connectivity index (χ0n) is 17.6. The maximum atomic E-state index is 12.4. The molecule has 0 radical (unpaired) electrons. The molecule has 2 aliphatic heterocycles. The molecule has 7 heteroatoms. The Balaban J connectivity index is 0.00000272. The lowest BCUT2D eigenvalue weighted by Gasteiger charge is -2.36. The summed E-state index contributed by atoms with van der Waals surface area (Å²) in [6.07, 6.45) is 4.18. The second-order valence-corrected chi connectivity index (χ2v) is 8.47. The summed E-state index contributed by atoms with van der Waals surface area (Å²) in [5.41, 5.74) is 2.29. The van der Waals surface area contributed by atoms with Gasteiger partial charge < -0.3 is 4.90 Å². The van der Waals surface area contributed by atoms with Gasteiger partial charge in [0.05, 0.1) is 11.1 Å². The van der Waals surface area contributed by atoms with E-state index in [1.54, 1.807) is 12.1 Å². The number of fused-ring (bicyclic) bond motifs is 1. The molecular weight excluding hydrogens is 478 g/mol. The maximum absolute atomic E-state index is 12.4. The van der Waals surface area contributed by atoms with Crippen molar-refractivity contribution in [3.05, 3.63) is 64.7 Å². The van der Waals surface area contributed by atoms with Crippen LogP contribution < -0.4 is 4.90 Å². The molecule has 2 heterocycles. The highest BCUT2D eigenvalue weighted by Crippen LogP contribution is 2.23. The van der Waals surface area contributed by atoms with Gasteiger partial charge in [-0.25, -0.2) is 0 Å². The third-order valence-corrected chi connectivity index (χ3v) is 6.26. The van der Waals surface area contributed by atoms with Gasteiger partial charge in [-0.2, -0.15) is 0 Å². The standard InChI is InChI=1S/C24H28ClN3O2.BrH/c25-19-8-7-9-20(18-19)27-16-14-26(15-17-27)12-5-1-2-6-13-28-23(29)21-10-3-4-11-22(21)24(28)30;/h3-4,7-11,18H,1-2,5-6,12-17H2;1H. The van der Waals surface area contributed by atoms with Gasteiger partial charge in [-0.1, -0.05) is 42.6 Å². The van der Waals surface area contributed by atoms with Crippen molar-refractivity contribution in [3.63, 3.8) is 0 Å². The molecule has 0 saturated carbocycles. The van der Waals surface area contributed by atoms with E-state index in [1.165, 1.54) is 10.6 Å². The second-order valence-electron chi connectivity index (χ2n) is 8.03. The lowest BCUT2D eigenvalue weighted by atomic mass is 10.1. The van der Waals surface area contributed by atoms with Crippen LogP contribution in [0.5, 0.6) is 0 Å². The van der Waals surface area contributed by atoms with Gasteiger partial charge >= 0.3 is 0 Å². The smallest absolute Gasteiger partial charge is 0.261 e. The highest BCUT2D eigenvalue weighted by atomic mass is 79.9. The fourth-order valence-corrected chi connectivity index (χ4v) is 4.49. The van der Waals surface area contributed by atoms with Gasteiger partial charge in [0.1, 0.15) is 0 Å². The number of carbonyl (C=O) groups excluding carboxylic acids is 2. The molecule has 0 aromatic heterocycles. The number of piperazine rings is 1. The van der Waals surface area contributed by atoms with E-state index < -0.39 is 0 Å². The molecule has 2 aliphatic rings. The van der Waals surface area contributed by atoms with Gasteiger partial charge in [-0.3, -0.25) is 19.4 Å². The normalized spacial score (nSPS) is 16.4. The number of anilines is 1. The number of nitrogens with zero attached hydrogens (tertiary/aromatic N) is 3. The van der Waals surface area contributed by atoms with Gasteiger partial charge in [0.2, 0.25) is 0 Å². The molecule has 0 unspecified atom stereocenters. The molecule has 0 atom stereocenters. The molecule has 1 fully saturated rings. The second kappa shape index (κ2) is 11.1. The van der Waals surface area contributed by atoms with Crippen LogP contribution in [0.15, 0.2) is 48.5 Å². The van der Waals surface area contributed by atoms with Crippen molar-refractivity contribution in [2.24, 2.45) is 0 Å². The average Bonchev–Trinajstić information content (AvgIpc) is 3.01. The Morgan fingerprint density at radius 3 is 1.97 bits per heavy atom. The number of rotatable bonds is 8. The molecule has 31 heavy (non-hydrogen) atoms. The van der Waals surface area contributed by atoms with Crippen molar-refractivity contribution in [2.75, 3.05) is 44.2 Å². The molecule has 0 aliphatic carbocycles. The monoisotopic (exact) mass is 505 g/mol. The Kier molecular flexibility index (Phi) is 8.52. The lowest BCUT2D eigenvalue weighted by molar-refractivity contribution is 0.0651. The van der Waals surface area contributed by atoms with Gasteiger partial charge in [-0.05, 0) is 49.7 Å². The molecule has 2 aromatic carbocycles.